The van der Waals surface area contributed by atoms with E-state index in [0.29, 0.717) is 59.2 Å². The molecule has 1 amide bonds. The molecule has 0 bridgehead atoms. The number of fused-ring (bicyclic) bond motifs is 5. The zero-order chi connectivity index (χ0) is 49.7. The number of carbonyl (C=O) groups excluding carboxylic acids is 6. The number of amides is 1. The first-order chi connectivity index (χ1) is 33.9. The lowest BCUT2D eigenvalue weighted by Gasteiger charge is -2.46. The lowest BCUT2D eigenvalue weighted by Crippen LogP contribution is -2.57. The molecule has 3 aliphatic rings. The second-order valence-electron chi connectivity index (χ2n) is 19.5. The van der Waals surface area contributed by atoms with Gasteiger partial charge in [-0.15, -0.1) is 0 Å². The fourth-order valence-corrected chi connectivity index (χ4v) is 11.2. The average Bonchev–Trinajstić information content (AvgIpc) is 3.92. The molecular weight excluding hydrogens is 881 g/mol. The third-order valence-corrected chi connectivity index (χ3v) is 14.8. The Morgan fingerprint density at radius 3 is 2.30 bits per heavy atom. The minimum Gasteiger partial charge on any atom is -0.384 e. The van der Waals surface area contributed by atoms with Crippen molar-refractivity contribution in [2.45, 2.75) is 122 Å². The van der Waals surface area contributed by atoms with Gasteiger partial charge in [0.2, 0.25) is 5.91 Å². The van der Waals surface area contributed by atoms with Gasteiger partial charge in [-0.05, 0) is 112 Å². The number of unbranched alkanes of at least 4 members (excludes halogenated alkanes) is 4. The number of allylic oxidation sites excluding steroid dienone is 2. The molecule has 2 aromatic heterocycles. The molecule has 2 saturated heterocycles. The van der Waals surface area contributed by atoms with E-state index in [1.165, 1.54) is 15.8 Å². The molecule has 0 saturated carbocycles. The van der Waals surface area contributed by atoms with Crippen molar-refractivity contribution in [3.63, 3.8) is 0 Å². The first-order valence-corrected chi connectivity index (χ1v) is 24.6. The van der Waals surface area contributed by atoms with Gasteiger partial charge in [-0.3, -0.25) is 9.69 Å². The van der Waals surface area contributed by atoms with E-state index in [1.54, 1.807) is 24.1 Å². The number of piperazine rings is 1. The van der Waals surface area contributed by atoms with E-state index in [0.717, 1.165) is 97.9 Å². The monoisotopic (exact) mass is 940 g/mol. The summed E-state index contributed by atoms with van der Waals surface area (Å²) < 4.78 is 1.46. The summed E-state index contributed by atoms with van der Waals surface area (Å²) in [5.41, 5.74) is 8.74. The highest BCUT2D eigenvalue weighted by atomic mass is 16.1. The van der Waals surface area contributed by atoms with E-state index in [1.807, 2.05) is 36.0 Å². The van der Waals surface area contributed by atoms with Gasteiger partial charge in [0.25, 0.3) is 0 Å². The van der Waals surface area contributed by atoms with Crippen LogP contribution in [0.2, 0.25) is 0 Å². The molecule has 0 radical (unpaired) electrons. The summed E-state index contributed by atoms with van der Waals surface area (Å²) in [6.45, 7) is 15.1. The first kappa shape index (κ1) is 49.0. The van der Waals surface area contributed by atoms with Crippen LogP contribution in [0.5, 0.6) is 0 Å². The van der Waals surface area contributed by atoms with Crippen LogP contribution < -0.4 is 31.5 Å². The van der Waals surface area contributed by atoms with Crippen LogP contribution in [0.3, 0.4) is 0 Å². The highest BCUT2D eigenvalue weighted by molar-refractivity contribution is 6.10. The van der Waals surface area contributed by atoms with E-state index in [-0.39, 0.29) is 40.8 Å². The number of hydrogen-bond donors (Lipinski definition) is 4. The quantitative estimate of drug-likeness (QED) is 0.0704. The fraction of sp³-hybridized carbons (Fsp3) is 0.429. The number of carbonyl (C=O) groups is 1. The van der Waals surface area contributed by atoms with E-state index in [4.69, 9.17) is 0 Å². The van der Waals surface area contributed by atoms with Gasteiger partial charge in [-0.25, -0.2) is 24.0 Å². The molecule has 0 spiro atoms. The number of rotatable bonds is 16. The van der Waals surface area contributed by atoms with Crippen molar-refractivity contribution >= 4 is 74.2 Å². The first-order valence-electron chi connectivity index (χ1n) is 24.6. The molecule has 3 unspecified atom stereocenters. The number of benzene rings is 3. The van der Waals surface area contributed by atoms with Crippen molar-refractivity contribution in [2.75, 3.05) is 42.9 Å². The molecule has 360 valence electrons. The summed E-state index contributed by atoms with van der Waals surface area (Å²) in [4.78, 5) is 81.9. The highest BCUT2D eigenvalue weighted by Crippen LogP contribution is 2.50. The Hall–Kier alpha value is -7.43. The lowest BCUT2D eigenvalue weighted by molar-refractivity contribution is -0.121. The Balaban J connectivity index is 0.780. The number of hydrogen-bond acceptors (Lipinski definition) is 11. The van der Waals surface area contributed by atoms with Crippen LogP contribution in [0, 0.1) is 11.3 Å². The second-order valence-corrected chi connectivity index (χ2v) is 19.5. The van der Waals surface area contributed by atoms with Gasteiger partial charge in [0, 0.05) is 101 Å². The minimum atomic E-state index is -0.727. The lowest BCUT2D eigenvalue weighted by atomic mass is 9.69. The Kier molecular flexibility index (Phi) is 14.7. The van der Waals surface area contributed by atoms with Crippen molar-refractivity contribution < 1.29 is 28.8 Å². The summed E-state index contributed by atoms with van der Waals surface area (Å²) in [5, 5.41) is 20.9. The molecule has 2 fully saturated rings. The highest BCUT2D eigenvalue weighted by Gasteiger charge is 2.40. The van der Waals surface area contributed by atoms with E-state index in [9.17, 15) is 34.0 Å². The van der Waals surface area contributed by atoms with Gasteiger partial charge in [0.15, 0.2) is 11.9 Å². The zero-order valence-electron chi connectivity index (χ0n) is 40.7. The Labute approximate surface area is 407 Å². The SMILES string of the molecule is CCc1cc2c(cc1N1CC(C)N(CCCCCC(=O)NCCCCCNc3cccc4c(=C=O)n(C5CCC(=C=O)NC5=C=O)c(=C=O)c34)C(C)C1)C(C)(C)c1[nH]c3cc(C#N)ccc3c1C2=C=O. The minimum absolute atomic E-state index is 0.0320. The molecule has 5 aromatic rings. The van der Waals surface area contributed by atoms with Gasteiger partial charge in [0.1, 0.15) is 39.9 Å². The maximum atomic E-state index is 12.8. The van der Waals surface area contributed by atoms with Crippen molar-refractivity contribution in [1.29, 1.82) is 5.26 Å². The van der Waals surface area contributed by atoms with Crippen molar-refractivity contribution in [2.24, 2.45) is 0 Å². The Morgan fingerprint density at radius 2 is 1.60 bits per heavy atom. The largest absolute Gasteiger partial charge is 0.384 e. The molecule has 1 aliphatic carbocycles. The maximum absolute atomic E-state index is 12.8. The van der Waals surface area contributed by atoms with Gasteiger partial charge in [0.05, 0.1) is 23.2 Å². The standard InChI is InChI=1S/C56H60N8O6/c1-6-38-25-42-43(31-66)53-40-19-17-37(27-57)24-46(40)61-55(53)56(4,5)44(42)26-49(38)62-28-35(2)63(36(3)29-62)23-12-7-9-16-52(70)59-22-11-8-10-21-58-45-15-13-14-41-50(33-68)64(51(34-69)54(41)45)48-20-18-39(30-65)60-47(48)32-67/h13-15,17,19,24-26,35-36,48,58,60-61H,6-12,16,18,20-23,28-29H2,1-5H3,(H,59,70). The number of aryl methyl sites for hydroxylation is 1. The number of nitrogens with one attached hydrogen (secondary N) is 4. The molecule has 70 heavy (non-hydrogen) atoms. The smallest absolute Gasteiger partial charge is 0.219 e. The number of aromatic nitrogens is 2. The molecule has 4 heterocycles. The third kappa shape index (κ3) is 9.23. The number of aromatic amines is 1. The maximum Gasteiger partial charge on any atom is 0.219 e. The van der Waals surface area contributed by atoms with Gasteiger partial charge in [-0.2, -0.15) is 5.26 Å². The molecule has 14 heteroatoms. The second kappa shape index (κ2) is 21.1. The van der Waals surface area contributed by atoms with Crippen LogP contribution in [0.25, 0.3) is 27.2 Å². The fourth-order valence-electron chi connectivity index (χ4n) is 11.2. The molecule has 8 rings (SSSR count). The summed E-state index contributed by atoms with van der Waals surface area (Å²) in [6.07, 6.45) is 7.18. The molecule has 2 aliphatic heterocycles. The van der Waals surface area contributed by atoms with Gasteiger partial charge >= 0.3 is 0 Å². The van der Waals surface area contributed by atoms with Gasteiger partial charge in [-0.1, -0.05) is 45.4 Å². The molecule has 3 atom stereocenters. The van der Waals surface area contributed by atoms with Crippen LogP contribution in [-0.4, -0.2) is 94.9 Å². The molecule has 3 aromatic carbocycles. The average molecular weight is 941 g/mol. The van der Waals surface area contributed by atoms with Gasteiger partial charge < -0.3 is 30.4 Å². The van der Waals surface area contributed by atoms with Crippen LogP contribution in [-0.2, 0) is 40.6 Å². The van der Waals surface area contributed by atoms with Crippen LogP contribution in [0.1, 0.15) is 132 Å². The molecular formula is C56H60N8O6. The van der Waals surface area contributed by atoms with Crippen LogP contribution in [0.4, 0.5) is 11.4 Å². The van der Waals surface area contributed by atoms with Crippen molar-refractivity contribution in [1.82, 2.24) is 25.1 Å². The third-order valence-electron chi connectivity index (χ3n) is 14.8. The summed E-state index contributed by atoms with van der Waals surface area (Å²) in [7, 11) is 0. The normalized spacial score (nSPS) is 18.4. The predicted molar refractivity (Wildman–Crippen MR) is 271 cm³/mol. The Bertz CT molecular complexity index is 3240. The van der Waals surface area contributed by atoms with Crippen molar-refractivity contribution in [3.05, 3.63) is 104 Å². The topological polar surface area (TPSA) is 189 Å². The summed E-state index contributed by atoms with van der Waals surface area (Å²) >= 11 is 0. The predicted octanol–water partition coefficient (Wildman–Crippen LogP) is 5.68. The summed E-state index contributed by atoms with van der Waals surface area (Å²) in [5.74, 6) is 9.89. The Morgan fingerprint density at radius 1 is 0.843 bits per heavy atom. The molecule has 4 N–H and O–H groups in total. The van der Waals surface area contributed by atoms with E-state index < -0.39 is 11.5 Å². The van der Waals surface area contributed by atoms with Crippen molar-refractivity contribution in [3.8, 4) is 6.07 Å². The number of anilines is 2. The van der Waals surface area contributed by atoms with Crippen LogP contribution >= 0.6 is 0 Å². The molecule has 14 nitrogen and oxygen atoms in total. The number of H-pyrrole nitrogens is 1. The summed E-state index contributed by atoms with van der Waals surface area (Å²) in [6, 6.07) is 17.6. The number of nitriles is 1. The number of nitrogens with zero attached hydrogens (tertiary/aromatic N) is 4. The van der Waals surface area contributed by atoms with E-state index >= 15 is 0 Å². The zero-order valence-corrected chi connectivity index (χ0v) is 40.7. The van der Waals surface area contributed by atoms with Crippen LogP contribution in [0.15, 0.2) is 59.9 Å². The number of piperidine rings is 1. The van der Waals surface area contributed by atoms with E-state index in [2.05, 4.69) is 89.5 Å².